The van der Waals surface area contributed by atoms with Crippen LogP contribution < -0.4 is 10.1 Å². The van der Waals surface area contributed by atoms with Crippen LogP contribution in [0.2, 0.25) is 10.0 Å². The highest BCUT2D eigenvalue weighted by Gasteiger charge is 2.10. The van der Waals surface area contributed by atoms with Gasteiger partial charge in [0.15, 0.2) is 0 Å². The van der Waals surface area contributed by atoms with E-state index in [4.69, 9.17) is 40.2 Å². The summed E-state index contributed by atoms with van der Waals surface area (Å²) in [5, 5.41) is 4.25. The average molecular weight is 326 g/mol. The van der Waals surface area contributed by atoms with Crippen LogP contribution in [0.25, 0.3) is 0 Å². The van der Waals surface area contributed by atoms with Crippen molar-refractivity contribution < 1.29 is 4.74 Å². The summed E-state index contributed by atoms with van der Waals surface area (Å²) in [6, 6.07) is 13.1. The van der Waals surface area contributed by atoms with E-state index in [1.165, 1.54) is 0 Å². The molecule has 2 aromatic carbocycles. The highest BCUT2D eigenvalue weighted by molar-refractivity contribution is 7.80. The Bertz CT molecular complexity index is 594. The molecule has 104 valence electrons. The first kappa shape index (κ1) is 15.1. The Morgan fingerprint density at radius 1 is 1.10 bits per heavy atom. The van der Waals surface area contributed by atoms with Gasteiger partial charge in [-0.2, -0.15) is 0 Å². The monoisotopic (exact) mass is 325 g/mol. The quantitative estimate of drug-likeness (QED) is 0.838. The third kappa shape index (κ3) is 3.63. The maximum atomic E-state index is 6.12. The number of thiocarbonyl (C=S) groups is 1. The smallest absolute Gasteiger partial charge is 0.118 e. The van der Waals surface area contributed by atoms with Crippen molar-refractivity contribution in [2.75, 3.05) is 7.11 Å². The van der Waals surface area contributed by atoms with E-state index in [0.29, 0.717) is 27.1 Å². The largest absolute Gasteiger partial charge is 0.497 e. The highest BCUT2D eigenvalue weighted by atomic mass is 35.5. The normalized spacial score (nSPS) is 10.2. The number of benzene rings is 2. The molecule has 0 radical (unpaired) electrons. The molecule has 0 unspecified atom stereocenters. The fraction of sp³-hybridized carbons (Fsp3) is 0.133. The Hall–Kier alpha value is -1.29. The van der Waals surface area contributed by atoms with Crippen molar-refractivity contribution in [1.29, 1.82) is 0 Å². The van der Waals surface area contributed by atoms with Crippen LogP contribution in [0.1, 0.15) is 11.1 Å². The molecule has 2 rings (SSSR count). The zero-order valence-corrected chi connectivity index (χ0v) is 13.1. The van der Waals surface area contributed by atoms with Crippen LogP contribution in [0.5, 0.6) is 5.75 Å². The van der Waals surface area contributed by atoms with Crippen molar-refractivity contribution >= 4 is 40.4 Å². The molecule has 0 spiro atoms. The summed E-state index contributed by atoms with van der Waals surface area (Å²) in [5.41, 5.74) is 1.76. The Labute approximate surface area is 133 Å². The zero-order valence-electron chi connectivity index (χ0n) is 10.8. The maximum absolute atomic E-state index is 6.12. The summed E-state index contributed by atoms with van der Waals surface area (Å²) in [6.45, 7) is 0.602. The minimum Gasteiger partial charge on any atom is -0.497 e. The minimum absolute atomic E-state index is 0.538. The second kappa shape index (κ2) is 6.93. The van der Waals surface area contributed by atoms with E-state index < -0.39 is 0 Å². The van der Waals surface area contributed by atoms with Crippen LogP contribution in [0, 0.1) is 0 Å². The van der Waals surface area contributed by atoms with Gasteiger partial charge in [0.2, 0.25) is 0 Å². The molecule has 0 bridgehead atoms. The van der Waals surface area contributed by atoms with Gasteiger partial charge in [0.25, 0.3) is 0 Å². The van der Waals surface area contributed by atoms with E-state index in [9.17, 15) is 0 Å². The second-order valence-electron chi connectivity index (χ2n) is 4.13. The molecule has 0 fully saturated rings. The van der Waals surface area contributed by atoms with E-state index in [-0.39, 0.29) is 0 Å². The van der Waals surface area contributed by atoms with Crippen molar-refractivity contribution in [3.05, 3.63) is 63.6 Å². The molecule has 0 heterocycles. The molecule has 0 aliphatic heterocycles. The van der Waals surface area contributed by atoms with Gasteiger partial charge in [-0.3, -0.25) is 0 Å². The molecule has 0 aliphatic carbocycles. The average Bonchev–Trinajstić information content (AvgIpc) is 2.45. The molecular weight excluding hydrogens is 313 g/mol. The van der Waals surface area contributed by atoms with Crippen LogP contribution >= 0.6 is 35.4 Å². The first-order valence-electron chi connectivity index (χ1n) is 5.97. The first-order valence-corrected chi connectivity index (χ1v) is 7.13. The van der Waals surface area contributed by atoms with Gasteiger partial charge in [-0.1, -0.05) is 53.6 Å². The molecule has 0 amide bonds. The second-order valence-corrected chi connectivity index (χ2v) is 5.35. The Balaban J connectivity index is 2.05. The van der Waals surface area contributed by atoms with Gasteiger partial charge in [0.05, 0.1) is 17.2 Å². The van der Waals surface area contributed by atoms with Gasteiger partial charge in [-0.25, -0.2) is 0 Å². The lowest BCUT2D eigenvalue weighted by molar-refractivity contribution is 0.414. The molecule has 0 aliphatic rings. The van der Waals surface area contributed by atoms with Crippen LogP contribution in [0.3, 0.4) is 0 Å². The predicted molar refractivity (Wildman–Crippen MR) is 88.0 cm³/mol. The third-order valence-corrected chi connectivity index (χ3v) is 3.78. The molecule has 20 heavy (non-hydrogen) atoms. The summed E-state index contributed by atoms with van der Waals surface area (Å²) >= 11 is 17.6. The minimum atomic E-state index is 0.538. The lowest BCUT2D eigenvalue weighted by Crippen LogP contribution is -2.22. The van der Waals surface area contributed by atoms with Gasteiger partial charge in [-0.05, 0) is 29.8 Å². The van der Waals surface area contributed by atoms with Crippen LogP contribution in [-0.4, -0.2) is 12.1 Å². The SMILES string of the molecule is COc1ccc(CNC(=S)c2c(Cl)cccc2Cl)cc1. The molecule has 0 aromatic heterocycles. The van der Waals surface area contributed by atoms with Crippen molar-refractivity contribution in [2.45, 2.75) is 6.54 Å². The predicted octanol–water partition coefficient (Wildman–Crippen LogP) is 4.47. The number of nitrogens with one attached hydrogen (secondary N) is 1. The number of ether oxygens (including phenoxy) is 1. The summed E-state index contributed by atoms with van der Waals surface area (Å²) in [5.74, 6) is 0.825. The lowest BCUT2D eigenvalue weighted by Gasteiger charge is -2.11. The number of halogens is 2. The van der Waals surface area contributed by atoms with Crippen molar-refractivity contribution in [1.82, 2.24) is 5.32 Å². The van der Waals surface area contributed by atoms with E-state index in [1.807, 2.05) is 24.3 Å². The molecule has 0 saturated carbocycles. The van der Waals surface area contributed by atoms with Crippen molar-refractivity contribution in [2.24, 2.45) is 0 Å². The summed E-state index contributed by atoms with van der Waals surface area (Å²) in [7, 11) is 1.64. The lowest BCUT2D eigenvalue weighted by atomic mass is 10.2. The molecular formula is C15H13Cl2NOS. The van der Waals surface area contributed by atoms with E-state index in [1.54, 1.807) is 25.3 Å². The van der Waals surface area contributed by atoms with E-state index >= 15 is 0 Å². The van der Waals surface area contributed by atoms with Crippen molar-refractivity contribution in [3.63, 3.8) is 0 Å². The molecule has 0 saturated heterocycles. The Morgan fingerprint density at radius 3 is 2.25 bits per heavy atom. The molecule has 2 aromatic rings. The summed E-state index contributed by atoms with van der Waals surface area (Å²) in [6.07, 6.45) is 0. The molecule has 5 heteroatoms. The van der Waals surface area contributed by atoms with Gasteiger partial charge in [0.1, 0.15) is 10.7 Å². The van der Waals surface area contributed by atoms with Gasteiger partial charge in [0, 0.05) is 12.1 Å². The zero-order chi connectivity index (χ0) is 14.5. The molecule has 2 nitrogen and oxygen atoms in total. The van der Waals surface area contributed by atoms with Crippen LogP contribution in [-0.2, 0) is 6.54 Å². The maximum Gasteiger partial charge on any atom is 0.118 e. The molecule has 0 atom stereocenters. The molecule has 1 N–H and O–H groups in total. The highest BCUT2D eigenvalue weighted by Crippen LogP contribution is 2.24. The first-order chi connectivity index (χ1) is 9.61. The number of hydrogen-bond donors (Lipinski definition) is 1. The van der Waals surface area contributed by atoms with Crippen molar-refractivity contribution in [3.8, 4) is 5.75 Å². The van der Waals surface area contributed by atoms with Gasteiger partial charge in [-0.15, -0.1) is 0 Å². The Morgan fingerprint density at radius 2 is 1.70 bits per heavy atom. The number of methoxy groups -OCH3 is 1. The summed E-state index contributed by atoms with van der Waals surface area (Å²) < 4.78 is 5.11. The standard InChI is InChI=1S/C15H13Cl2NOS/c1-19-11-7-5-10(6-8-11)9-18-15(20)14-12(16)3-2-4-13(14)17/h2-8H,9H2,1H3,(H,18,20). The fourth-order valence-corrected chi connectivity index (χ4v) is 2.72. The fourth-order valence-electron chi connectivity index (χ4n) is 1.73. The third-order valence-electron chi connectivity index (χ3n) is 2.80. The van der Waals surface area contributed by atoms with Crippen LogP contribution in [0.4, 0.5) is 0 Å². The van der Waals surface area contributed by atoms with Crippen LogP contribution in [0.15, 0.2) is 42.5 Å². The van der Waals surface area contributed by atoms with E-state index in [0.717, 1.165) is 11.3 Å². The van der Waals surface area contributed by atoms with Gasteiger partial charge < -0.3 is 10.1 Å². The van der Waals surface area contributed by atoms with Gasteiger partial charge >= 0.3 is 0 Å². The number of hydrogen-bond acceptors (Lipinski definition) is 2. The summed E-state index contributed by atoms with van der Waals surface area (Å²) in [4.78, 5) is 0.538. The number of rotatable bonds is 4. The van der Waals surface area contributed by atoms with E-state index in [2.05, 4.69) is 5.32 Å². The Kier molecular flexibility index (Phi) is 5.24. The topological polar surface area (TPSA) is 21.3 Å².